The van der Waals surface area contributed by atoms with Crippen molar-refractivity contribution >= 4 is 21.9 Å². The van der Waals surface area contributed by atoms with Crippen LogP contribution in [0, 0.1) is 5.92 Å². The average molecular weight is 388 g/mol. The Morgan fingerprint density at radius 3 is 2.54 bits per heavy atom. The third-order valence-electron chi connectivity index (χ3n) is 5.03. The Bertz CT molecular complexity index is 587. The number of nitrogens with one attached hydrogen (secondary N) is 3. The summed E-state index contributed by atoms with van der Waals surface area (Å²) in [7, 11) is -1.42. The molecule has 9 heteroatoms. The van der Waals surface area contributed by atoms with E-state index in [1.54, 1.807) is 7.05 Å². The first-order chi connectivity index (χ1) is 12.4. The second-order valence-corrected chi connectivity index (χ2v) is 9.10. The van der Waals surface area contributed by atoms with E-state index in [-0.39, 0.29) is 12.0 Å². The minimum Gasteiger partial charge on any atom is -0.356 e. The van der Waals surface area contributed by atoms with Gasteiger partial charge in [0.25, 0.3) is 0 Å². The first-order valence-electron chi connectivity index (χ1n) is 9.59. The van der Waals surface area contributed by atoms with Gasteiger partial charge in [-0.05, 0) is 25.7 Å². The van der Waals surface area contributed by atoms with Crippen LogP contribution in [0.3, 0.4) is 0 Å². The highest BCUT2D eigenvalue weighted by molar-refractivity contribution is 7.88. The van der Waals surface area contributed by atoms with Crippen LogP contribution in [0.1, 0.15) is 44.9 Å². The van der Waals surface area contributed by atoms with Crippen molar-refractivity contribution in [2.45, 2.75) is 51.0 Å². The van der Waals surface area contributed by atoms with Crippen molar-refractivity contribution in [2.75, 3.05) is 39.5 Å². The summed E-state index contributed by atoms with van der Waals surface area (Å²) in [6.45, 7) is 2.56. The molecule has 1 aliphatic heterocycles. The van der Waals surface area contributed by atoms with Crippen LogP contribution in [0.15, 0.2) is 4.99 Å². The number of hydrogen-bond acceptors (Lipinski definition) is 4. The number of rotatable bonds is 7. The van der Waals surface area contributed by atoms with E-state index in [1.807, 2.05) is 4.90 Å². The molecule has 1 atom stereocenters. The summed E-state index contributed by atoms with van der Waals surface area (Å²) >= 11 is 0. The lowest BCUT2D eigenvalue weighted by atomic mass is 9.88. The minimum atomic E-state index is -3.13. The molecule has 2 aliphatic rings. The number of hydrogen-bond donors (Lipinski definition) is 3. The van der Waals surface area contributed by atoms with Crippen molar-refractivity contribution in [2.24, 2.45) is 10.9 Å². The lowest BCUT2D eigenvalue weighted by Gasteiger charge is -2.26. The quantitative estimate of drug-likeness (QED) is 0.331. The topological polar surface area (TPSA) is 103 Å². The Morgan fingerprint density at radius 2 is 1.88 bits per heavy atom. The molecule has 150 valence electrons. The maximum atomic E-state index is 12.6. The van der Waals surface area contributed by atoms with Crippen molar-refractivity contribution in [3.05, 3.63) is 0 Å². The highest BCUT2D eigenvalue weighted by atomic mass is 32.2. The smallest absolute Gasteiger partial charge is 0.225 e. The van der Waals surface area contributed by atoms with Gasteiger partial charge in [-0.25, -0.2) is 13.1 Å². The number of aliphatic imine (C=N–C) groups is 1. The van der Waals surface area contributed by atoms with Crippen molar-refractivity contribution in [3.63, 3.8) is 0 Å². The summed E-state index contributed by atoms with van der Waals surface area (Å²) in [4.78, 5) is 18.8. The first kappa shape index (κ1) is 21.0. The highest BCUT2D eigenvalue weighted by Crippen LogP contribution is 2.26. The van der Waals surface area contributed by atoms with Gasteiger partial charge in [-0.1, -0.05) is 19.3 Å². The zero-order valence-electron chi connectivity index (χ0n) is 16.0. The Balaban J connectivity index is 1.68. The van der Waals surface area contributed by atoms with Crippen LogP contribution in [0.25, 0.3) is 0 Å². The average Bonchev–Trinajstić information content (AvgIpc) is 3.08. The summed E-state index contributed by atoms with van der Waals surface area (Å²) in [6.07, 6.45) is 8.44. The van der Waals surface area contributed by atoms with Gasteiger partial charge in [-0.3, -0.25) is 9.79 Å². The van der Waals surface area contributed by atoms with Crippen molar-refractivity contribution < 1.29 is 13.2 Å². The lowest BCUT2D eigenvalue weighted by molar-refractivity contribution is -0.135. The third-order valence-corrected chi connectivity index (χ3v) is 5.76. The van der Waals surface area contributed by atoms with Crippen molar-refractivity contribution in [1.82, 2.24) is 20.3 Å². The van der Waals surface area contributed by atoms with Crippen molar-refractivity contribution in [3.8, 4) is 0 Å². The molecule has 8 nitrogen and oxygen atoms in total. The van der Waals surface area contributed by atoms with Gasteiger partial charge in [0.05, 0.1) is 6.26 Å². The maximum Gasteiger partial charge on any atom is 0.225 e. The SMILES string of the molecule is CN=C(NCCCNS(C)(=O)=O)NC1CCN(C(=O)C2CCCCC2)C1. The zero-order valence-corrected chi connectivity index (χ0v) is 16.8. The molecular weight excluding hydrogens is 354 g/mol. The monoisotopic (exact) mass is 387 g/mol. The Labute approximate surface area is 157 Å². The molecule has 1 saturated carbocycles. The molecule has 1 aliphatic carbocycles. The predicted molar refractivity (Wildman–Crippen MR) is 104 cm³/mol. The zero-order chi connectivity index (χ0) is 19.0. The minimum absolute atomic E-state index is 0.211. The summed E-state index contributed by atoms with van der Waals surface area (Å²) in [5, 5.41) is 6.56. The van der Waals surface area contributed by atoms with Crippen LogP contribution in [-0.2, 0) is 14.8 Å². The summed E-state index contributed by atoms with van der Waals surface area (Å²) in [6, 6.07) is 0.211. The Kier molecular flexibility index (Phi) is 8.15. The predicted octanol–water partition coefficient (Wildman–Crippen LogP) is 0.272. The van der Waals surface area contributed by atoms with Gasteiger partial charge in [0.2, 0.25) is 15.9 Å². The fraction of sp³-hybridized carbons (Fsp3) is 0.882. The van der Waals surface area contributed by atoms with Gasteiger partial charge in [0, 0.05) is 45.2 Å². The molecule has 0 aromatic carbocycles. The van der Waals surface area contributed by atoms with E-state index in [2.05, 4.69) is 20.3 Å². The van der Waals surface area contributed by atoms with Gasteiger partial charge in [-0.15, -0.1) is 0 Å². The Hall–Kier alpha value is -1.35. The van der Waals surface area contributed by atoms with E-state index < -0.39 is 10.0 Å². The maximum absolute atomic E-state index is 12.6. The van der Waals surface area contributed by atoms with E-state index in [0.717, 1.165) is 38.6 Å². The van der Waals surface area contributed by atoms with Crippen LogP contribution in [0.2, 0.25) is 0 Å². The van der Waals surface area contributed by atoms with Crippen LogP contribution in [0.4, 0.5) is 0 Å². The molecule has 0 bridgehead atoms. The van der Waals surface area contributed by atoms with Crippen molar-refractivity contribution in [1.29, 1.82) is 0 Å². The number of sulfonamides is 1. The van der Waals surface area contributed by atoms with Crippen LogP contribution >= 0.6 is 0 Å². The lowest BCUT2D eigenvalue weighted by Crippen LogP contribution is -2.46. The number of carbonyl (C=O) groups excluding carboxylic acids is 1. The largest absolute Gasteiger partial charge is 0.356 e. The van der Waals surface area contributed by atoms with Crippen LogP contribution in [0.5, 0.6) is 0 Å². The molecular formula is C17H33N5O3S. The summed E-state index contributed by atoms with van der Waals surface area (Å²) in [5.41, 5.74) is 0. The number of likely N-dealkylation sites (tertiary alicyclic amines) is 1. The number of amides is 1. The van der Waals surface area contributed by atoms with E-state index in [4.69, 9.17) is 0 Å². The molecule has 0 spiro atoms. The van der Waals surface area contributed by atoms with E-state index in [1.165, 1.54) is 19.3 Å². The standard InChI is InChI=1S/C17H33N5O3S/c1-18-17(19-10-6-11-20-26(2,24)25)21-15-9-12-22(13-15)16(23)14-7-4-3-5-8-14/h14-15,20H,3-13H2,1-2H3,(H2,18,19,21). The number of guanidine groups is 1. The number of nitrogens with zero attached hydrogens (tertiary/aromatic N) is 2. The van der Waals surface area contributed by atoms with E-state index in [0.29, 0.717) is 31.4 Å². The molecule has 1 amide bonds. The first-order valence-corrected chi connectivity index (χ1v) is 11.5. The van der Waals surface area contributed by atoms with Gasteiger partial charge in [-0.2, -0.15) is 0 Å². The van der Waals surface area contributed by atoms with E-state index >= 15 is 0 Å². The van der Waals surface area contributed by atoms with Crippen LogP contribution < -0.4 is 15.4 Å². The van der Waals surface area contributed by atoms with Crippen LogP contribution in [-0.4, -0.2) is 70.7 Å². The second-order valence-electron chi connectivity index (χ2n) is 7.27. The second kappa shape index (κ2) is 10.1. The van der Waals surface area contributed by atoms with Gasteiger partial charge in [0.15, 0.2) is 5.96 Å². The molecule has 0 radical (unpaired) electrons. The van der Waals surface area contributed by atoms with Gasteiger partial charge in [0.1, 0.15) is 0 Å². The summed E-state index contributed by atoms with van der Waals surface area (Å²) < 4.78 is 24.5. The molecule has 2 rings (SSSR count). The number of carbonyl (C=O) groups is 1. The molecule has 26 heavy (non-hydrogen) atoms. The molecule has 3 N–H and O–H groups in total. The van der Waals surface area contributed by atoms with Gasteiger partial charge < -0.3 is 15.5 Å². The van der Waals surface area contributed by atoms with E-state index in [9.17, 15) is 13.2 Å². The molecule has 0 aromatic rings. The third kappa shape index (κ3) is 7.11. The fourth-order valence-electron chi connectivity index (χ4n) is 3.63. The normalized spacial score (nSPS) is 22.5. The molecule has 2 fully saturated rings. The van der Waals surface area contributed by atoms with Gasteiger partial charge >= 0.3 is 0 Å². The molecule has 1 unspecified atom stereocenters. The fourth-order valence-corrected chi connectivity index (χ4v) is 4.14. The molecule has 1 heterocycles. The molecule has 1 saturated heterocycles. The Morgan fingerprint density at radius 1 is 1.15 bits per heavy atom. The summed E-state index contributed by atoms with van der Waals surface area (Å²) in [5.74, 6) is 1.24. The highest BCUT2D eigenvalue weighted by Gasteiger charge is 2.31. The molecule has 0 aromatic heterocycles.